The van der Waals surface area contributed by atoms with E-state index in [1.165, 1.54) is 24.3 Å². The van der Waals surface area contributed by atoms with Crippen LogP contribution in [0.3, 0.4) is 0 Å². The van der Waals surface area contributed by atoms with E-state index in [9.17, 15) is 31.5 Å². The SMILES string of the molecule is O=c1[nH]c(O)c(CNS(=O)(=O)c2ccc(Oc3ccc(C(F)(F)F)cc3)cc2)[nH]1. The molecule has 154 valence electrons. The number of halogens is 3. The molecule has 0 aliphatic carbocycles. The fourth-order valence-electron chi connectivity index (χ4n) is 2.32. The molecular weight excluding hydrogens is 415 g/mol. The number of ether oxygens (including phenoxy) is 1. The number of aromatic hydroxyl groups is 1. The summed E-state index contributed by atoms with van der Waals surface area (Å²) < 4.78 is 69.9. The highest BCUT2D eigenvalue weighted by Crippen LogP contribution is 2.31. The number of imidazole rings is 1. The second-order valence-corrected chi connectivity index (χ2v) is 7.59. The molecule has 0 unspecified atom stereocenters. The molecule has 3 aromatic rings. The van der Waals surface area contributed by atoms with E-state index in [-0.39, 0.29) is 28.6 Å². The number of H-pyrrole nitrogens is 2. The van der Waals surface area contributed by atoms with E-state index in [4.69, 9.17) is 4.74 Å². The summed E-state index contributed by atoms with van der Waals surface area (Å²) in [5.74, 6) is -0.104. The maximum atomic E-state index is 12.6. The number of benzene rings is 2. The average molecular weight is 429 g/mol. The summed E-state index contributed by atoms with van der Waals surface area (Å²) in [6.07, 6.45) is -4.45. The molecule has 0 spiro atoms. The Morgan fingerprint density at radius 3 is 2.00 bits per heavy atom. The summed E-state index contributed by atoms with van der Waals surface area (Å²) in [6.45, 7) is -0.350. The monoisotopic (exact) mass is 429 g/mol. The van der Waals surface area contributed by atoms with Gasteiger partial charge in [-0.1, -0.05) is 0 Å². The van der Waals surface area contributed by atoms with Crippen molar-refractivity contribution in [1.82, 2.24) is 14.7 Å². The van der Waals surface area contributed by atoms with Gasteiger partial charge in [-0.15, -0.1) is 0 Å². The van der Waals surface area contributed by atoms with Crippen molar-refractivity contribution < 1.29 is 31.4 Å². The maximum Gasteiger partial charge on any atom is 0.416 e. The lowest BCUT2D eigenvalue weighted by molar-refractivity contribution is -0.137. The lowest BCUT2D eigenvalue weighted by atomic mass is 10.2. The fourth-order valence-corrected chi connectivity index (χ4v) is 3.32. The number of nitrogens with one attached hydrogen (secondary N) is 3. The zero-order valence-electron chi connectivity index (χ0n) is 14.4. The number of alkyl halides is 3. The summed E-state index contributed by atoms with van der Waals surface area (Å²) in [7, 11) is -3.96. The van der Waals surface area contributed by atoms with Crippen molar-refractivity contribution >= 4 is 10.0 Å². The summed E-state index contributed by atoms with van der Waals surface area (Å²) in [6, 6.07) is 9.20. The number of hydrogen-bond donors (Lipinski definition) is 4. The van der Waals surface area contributed by atoms with E-state index in [1.807, 2.05) is 0 Å². The molecule has 1 heterocycles. The van der Waals surface area contributed by atoms with Crippen LogP contribution in [0, 0.1) is 0 Å². The molecule has 3 rings (SSSR count). The lowest BCUT2D eigenvalue weighted by Crippen LogP contribution is -2.23. The molecule has 0 radical (unpaired) electrons. The van der Waals surface area contributed by atoms with Gasteiger partial charge in [-0.25, -0.2) is 17.9 Å². The molecule has 1 aromatic heterocycles. The summed E-state index contributed by atoms with van der Waals surface area (Å²) in [5, 5.41) is 9.44. The Labute approximate surface area is 162 Å². The molecule has 0 aliphatic rings. The van der Waals surface area contributed by atoms with Gasteiger partial charge in [0.05, 0.1) is 22.7 Å². The molecule has 2 aromatic carbocycles. The molecule has 0 amide bonds. The molecule has 0 aliphatic heterocycles. The predicted molar refractivity (Wildman–Crippen MR) is 95.1 cm³/mol. The predicted octanol–water partition coefficient (Wildman–Crippen LogP) is 2.70. The first-order valence-electron chi connectivity index (χ1n) is 7.99. The molecule has 29 heavy (non-hydrogen) atoms. The Bertz CT molecular complexity index is 1150. The first-order valence-corrected chi connectivity index (χ1v) is 9.48. The van der Waals surface area contributed by atoms with Crippen LogP contribution in [0.25, 0.3) is 0 Å². The molecule has 0 atom stereocenters. The molecular formula is C17H14F3N3O5S. The minimum Gasteiger partial charge on any atom is -0.493 e. The average Bonchev–Trinajstić information content (AvgIpc) is 2.97. The van der Waals surface area contributed by atoms with Crippen LogP contribution in [0.4, 0.5) is 13.2 Å². The third kappa shape index (κ3) is 4.97. The Morgan fingerprint density at radius 1 is 0.966 bits per heavy atom. The van der Waals surface area contributed by atoms with Crippen molar-refractivity contribution in [2.24, 2.45) is 0 Å². The Balaban J connectivity index is 1.67. The van der Waals surface area contributed by atoms with Crippen LogP contribution in [-0.4, -0.2) is 23.5 Å². The van der Waals surface area contributed by atoms with E-state index in [0.717, 1.165) is 24.3 Å². The second kappa shape index (κ2) is 7.64. The normalized spacial score (nSPS) is 12.1. The van der Waals surface area contributed by atoms with Gasteiger partial charge in [0.25, 0.3) is 0 Å². The van der Waals surface area contributed by atoms with Gasteiger partial charge in [-0.05, 0) is 48.5 Å². The van der Waals surface area contributed by atoms with Crippen LogP contribution < -0.4 is 15.1 Å². The first kappa shape index (κ1) is 20.5. The van der Waals surface area contributed by atoms with Crippen molar-refractivity contribution in [1.29, 1.82) is 0 Å². The van der Waals surface area contributed by atoms with Crippen LogP contribution in [-0.2, 0) is 22.7 Å². The van der Waals surface area contributed by atoms with Crippen molar-refractivity contribution in [2.75, 3.05) is 0 Å². The van der Waals surface area contributed by atoms with Crippen LogP contribution in [0.5, 0.6) is 17.4 Å². The maximum absolute atomic E-state index is 12.6. The highest BCUT2D eigenvalue weighted by molar-refractivity contribution is 7.89. The van der Waals surface area contributed by atoms with Crippen molar-refractivity contribution in [3.8, 4) is 17.4 Å². The van der Waals surface area contributed by atoms with E-state index in [1.54, 1.807) is 0 Å². The van der Waals surface area contributed by atoms with Gasteiger partial charge in [0.15, 0.2) is 0 Å². The number of rotatable bonds is 6. The van der Waals surface area contributed by atoms with Gasteiger partial charge in [0.2, 0.25) is 15.9 Å². The van der Waals surface area contributed by atoms with Crippen LogP contribution in [0.15, 0.2) is 58.2 Å². The molecule has 12 heteroatoms. The number of hydrogen-bond acceptors (Lipinski definition) is 5. The Hall–Kier alpha value is -3.25. The molecule has 0 fully saturated rings. The highest BCUT2D eigenvalue weighted by Gasteiger charge is 2.30. The Morgan fingerprint density at radius 2 is 1.52 bits per heavy atom. The van der Waals surface area contributed by atoms with Gasteiger partial charge in [-0.3, -0.25) is 4.98 Å². The van der Waals surface area contributed by atoms with E-state index in [2.05, 4.69) is 14.7 Å². The van der Waals surface area contributed by atoms with Gasteiger partial charge in [0.1, 0.15) is 11.5 Å². The van der Waals surface area contributed by atoms with Crippen LogP contribution in [0.1, 0.15) is 11.3 Å². The summed E-state index contributed by atoms with van der Waals surface area (Å²) in [5.41, 5.74) is -1.52. The zero-order chi connectivity index (χ0) is 21.2. The summed E-state index contributed by atoms with van der Waals surface area (Å²) in [4.78, 5) is 15.2. The molecule has 0 bridgehead atoms. The van der Waals surface area contributed by atoms with Gasteiger partial charge in [-0.2, -0.15) is 13.2 Å². The first-order chi connectivity index (χ1) is 13.5. The van der Waals surface area contributed by atoms with Crippen LogP contribution >= 0.6 is 0 Å². The number of sulfonamides is 1. The molecule has 8 nitrogen and oxygen atoms in total. The lowest BCUT2D eigenvalue weighted by Gasteiger charge is -2.10. The number of aromatic amines is 2. The fraction of sp³-hybridized carbons (Fsp3) is 0.118. The smallest absolute Gasteiger partial charge is 0.416 e. The topological polar surface area (TPSA) is 124 Å². The zero-order valence-corrected chi connectivity index (χ0v) is 15.3. The third-order valence-electron chi connectivity index (χ3n) is 3.77. The largest absolute Gasteiger partial charge is 0.493 e. The second-order valence-electron chi connectivity index (χ2n) is 5.83. The minimum absolute atomic E-state index is 0.0270. The molecule has 4 N–H and O–H groups in total. The third-order valence-corrected chi connectivity index (χ3v) is 5.19. The van der Waals surface area contributed by atoms with E-state index in [0.29, 0.717) is 0 Å². The molecule has 0 saturated heterocycles. The van der Waals surface area contributed by atoms with Gasteiger partial charge >= 0.3 is 11.9 Å². The van der Waals surface area contributed by atoms with E-state index >= 15 is 0 Å². The van der Waals surface area contributed by atoms with Gasteiger partial charge in [0, 0.05) is 0 Å². The molecule has 0 saturated carbocycles. The minimum atomic E-state index is -4.45. The van der Waals surface area contributed by atoms with Crippen molar-refractivity contribution in [3.63, 3.8) is 0 Å². The highest BCUT2D eigenvalue weighted by atomic mass is 32.2. The Kier molecular flexibility index (Phi) is 5.40. The quantitative estimate of drug-likeness (QED) is 0.480. The van der Waals surface area contributed by atoms with E-state index < -0.39 is 33.3 Å². The van der Waals surface area contributed by atoms with Gasteiger partial charge < -0.3 is 14.8 Å². The number of aromatic nitrogens is 2. The van der Waals surface area contributed by atoms with Crippen molar-refractivity contribution in [3.05, 3.63) is 70.3 Å². The standard InChI is InChI=1S/C17H14F3N3O5S/c18-17(19,20)10-1-3-11(4-2-10)28-12-5-7-13(8-6-12)29(26,27)21-9-14-15(24)23-16(25)22-14/h1-8,21,24H,9H2,(H2,22,23,25). The van der Waals surface area contributed by atoms with Crippen LogP contribution in [0.2, 0.25) is 0 Å². The van der Waals surface area contributed by atoms with Crippen molar-refractivity contribution in [2.45, 2.75) is 17.6 Å². The summed E-state index contributed by atoms with van der Waals surface area (Å²) >= 11 is 0.